The van der Waals surface area contributed by atoms with E-state index in [0.717, 1.165) is 31.6 Å². The van der Waals surface area contributed by atoms with E-state index in [-0.39, 0.29) is 17.0 Å². The number of benzene rings is 2. The van der Waals surface area contributed by atoms with E-state index >= 15 is 0 Å². The summed E-state index contributed by atoms with van der Waals surface area (Å²) in [5.41, 5.74) is 3.74. The molecule has 0 aromatic heterocycles. The number of hydrazine groups is 1. The monoisotopic (exact) mass is 482 g/mol. The first-order valence-corrected chi connectivity index (χ1v) is 11.3. The smallest absolute Gasteiger partial charge is 0.277 e. The standard InChI is InChI=1S/C22H25Cl2FN4O3/c23-14-2-5-20-19(10-14)27-12-21(32-20)22(30)28-29-8-6-15(13-29)26-7-1-9-31-16-3-4-17(24)18(25)11-16/h2-5,10-11,15,21,26-27H,1,6-9,12-13H2,(H,28,30). The molecule has 172 valence electrons. The minimum Gasteiger partial charge on any atom is -0.493 e. The number of hydrogen-bond acceptors (Lipinski definition) is 6. The Labute approximate surface area is 196 Å². The molecule has 7 nitrogen and oxygen atoms in total. The minimum atomic E-state index is -0.606. The van der Waals surface area contributed by atoms with Gasteiger partial charge in [-0.15, -0.1) is 0 Å². The summed E-state index contributed by atoms with van der Waals surface area (Å²) >= 11 is 11.6. The molecule has 2 aliphatic rings. The molecule has 4 rings (SSSR count). The lowest BCUT2D eigenvalue weighted by Crippen LogP contribution is -2.51. The van der Waals surface area contributed by atoms with Gasteiger partial charge in [-0.25, -0.2) is 9.40 Å². The van der Waals surface area contributed by atoms with E-state index < -0.39 is 11.9 Å². The van der Waals surface area contributed by atoms with Gasteiger partial charge in [0, 0.05) is 30.2 Å². The van der Waals surface area contributed by atoms with Gasteiger partial charge in [-0.3, -0.25) is 10.2 Å². The average Bonchev–Trinajstić information content (AvgIpc) is 3.22. The fourth-order valence-electron chi connectivity index (χ4n) is 3.68. The number of carbonyl (C=O) groups excluding carboxylic acids is 1. The summed E-state index contributed by atoms with van der Waals surface area (Å²) in [5, 5.41) is 9.26. The first-order valence-electron chi connectivity index (χ1n) is 10.5. The maximum Gasteiger partial charge on any atom is 0.277 e. The molecular formula is C22H25Cl2FN4O3. The first-order chi connectivity index (χ1) is 15.5. The molecule has 1 fully saturated rings. The van der Waals surface area contributed by atoms with Gasteiger partial charge in [0.2, 0.25) is 0 Å². The molecule has 0 spiro atoms. The number of amides is 1. The number of nitrogens with zero attached hydrogens (tertiary/aromatic N) is 1. The zero-order valence-electron chi connectivity index (χ0n) is 17.4. The molecule has 0 bridgehead atoms. The molecule has 1 amide bonds. The van der Waals surface area contributed by atoms with Crippen molar-refractivity contribution in [3.05, 3.63) is 52.3 Å². The van der Waals surface area contributed by atoms with E-state index in [4.69, 9.17) is 32.7 Å². The third-order valence-electron chi connectivity index (χ3n) is 5.35. The third-order valence-corrected chi connectivity index (χ3v) is 5.89. The van der Waals surface area contributed by atoms with Crippen molar-refractivity contribution < 1.29 is 18.7 Å². The maximum absolute atomic E-state index is 13.4. The van der Waals surface area contributed by atoms with Crippen LogP contribution in [-0.2, 0) is 4.79 Å². The SMILES string of the molecule is O=C(NN1CCC(NCCCOc2ccc(Cl)c(F)c2)C1)C1CNc2cc(Cl)ccc2O1. The molecule has 2 aromatic carbocycles. The Morgan fingerprint density at radius 1 is 1.28 bits per heavy atom. The van der Waals surface area contributed by atoms with Gasteiger partial charge < -0.3 is 20.1 Å². The zero-order chi connectivity index (χ0) is 22.5. The van der Waals surface area contributed by atoms with Crippen LogP contribution in [0.4, 0.5) is 10.1 Å². The summed E-state index contributed by atoms with van der Waals surface area (Å²) in [7, 11) is 0. The van der Waals surface area contributed by atoms with Crippen LogP contribution < -0.4 is 25.5 Å². The quantitative estimate of drug-likeness (QED) is 0.500. The molecule has 0 radical (unpaired) electrons. The summed E-state index contributed by atoms with van der Waals surface area (Å²) in [6.07, 6.45) is 1.10. The summed E-state index contributed by atoms with van der Waals surface area (Å²) in [5.74, 6) is 0.415. The van der Waals surface area contributed by atoms with E-state index in [1.54, 1.807) is 24.3 Å². The summed E-state index contributed by atoms with van der Waals surface area (Å²) in [4.78, 5) is 12.6. The van der Waals surface area contributed by atoms with E-state index in [2.05, 4.69) is 16.1 Å². The molecule has 10 heteroatoms. The Bertz CT molecular complexity index is 965. The molecule has 32 heavy (non-hydrogen) atoms. The highest BCUT2D eigenvalue weighted by molar-refractivity contribution is 6.31. The van der Waals surface area contributed by atoms with Crippen LogP contribution >= 0.6 is 23.2 Å². The van der Waals surface area contributed by atoms with Gasteiger partial charge in [0.25, 0.3) is 5.91 Å². The molecule has 2 aliphatic heterocycles. The Kier molecular flexibility index (Phi) is 7.57. The number of ether oxygens (including phenoxy) is 2. The number of hydrogen-bond donors (Lipinski definition) is 3. The zero-order valence-corrected chi connectivity index (χ0v) is 18.9. The second-order valence-electron chi connectivity index (χ2n) is 7.77. The minimum absolute atomic E-state index is 0.0814. The van der Waals surface area contributed by atoms with E-state index in [1.807, 2.05) is 5.01 Å². The number of anilines is 1. The van der Waals surface area contributed by atoms with Crippen LogP contribution in [0.15, 0.2) is 36.4 Å². The average molecular weight is 483 g/mol. The van der Waals surface area contributed by atoms with Crippen LogP contribution in [0, 0.1) is 5.82 Å². The van der Waals surface area contributed by atoms with E-state index in [1.165, 1.54) is 12.1 Å². The summed E-state index contributed by atoms with van der Waals surface area (Å²) in [6, 6.07) is 9.96. The van der Waals surface area contributed by atoms with Crippen molar-refractivity contribution in [1.29, 1.82) is 0 Å². The highest BCUT2D eigenvalue weighted by Gasteiger charge is 2.29. The Hall–Kier alpha value is -2.26. The molecule has 0 saturated carbocycles. The van der Waals surface area contributed by atoms with Crippen LogP contribution in [-0.4, -0.2) is 55.8 Å². The molecule has 1 saturated heterocycles. The molecule has 2 aromatic rings. The highest BCUT2D eigenvalue weighted by Crippen LogP contribution is 2.31. The normalized spacial score (nSPS) is 20.2. The van der Waals surface area contributed by atoms with Gasteiger partial charge in [0.1, 0.15) is 17.3 Å². The lowest BCUT2D eigenvalue weighted by Gasteiger charge is -2.28. The maximum atomic E-state index is 13.4. The van der Waals surface area contributed by atoms with Gasteiger partial charge in [-0.05, 0) is 49.7 Å². The predicted molar refractivity (Wildman–Crippen MR) is 122 cm³/mol. The van der Waals surface area contributed by atoms with Crippen LogP contribution in [0.1, 0.15) is 12.8 Å². The van der Waals surface area contributed by atoms with Crippen LogP contribution in [0.3, 0.4) is 0 Å². The van der Waals surface area contributed by atoms with Crippen LogP contribution in [0.5, 0.6) is 11.5 Å². The van der Waals surface area contributed by atoms with Gasteiger partial charge in [0.15, 0.2) is 6.10 Å². The molecule has 0 aliphatic carbocycles. The van der Waals surface area contributed by atoms with E-state index in [0.29, 0.717) is 36.2 Å². The molecule has 3 N–H and O–H groups in total. The Balaban J connectivity index is 1.13. The molecule has 2 atom stereocenters. The Morgan fingerprint density at radius 2 is 2.16 bits per heavy atom. The number of halogens is 3. The molecule has 2 heterocycles. The summed E-state index contributed by atoms with van der Waals surface area (Å²) < 4.78 is 24.8. The van der Waals surface area contributed by atoms with Gasteiger partial charge >= 0.3 is 0 Å². The number of rotatable bonds is 8. The van der Waals surface area contributed by atoms with Gasteiger partial charge in [-0.2, -0.15) is 0 Å². The van der Waals surface area contributed by atoms with Crippen molar-refractivity contribution in [2.75, 3.05) is 38.1 Å². The number of fused-ring (bicyclic) bond motifs is 1. The third kappa shape index (κ3) is 5.95. The van der Waals surface area contributed by atoms with Crippen molar-refractivity contribution in [1.82, 2.24) is 15.8 Å². The predicted octanol–water partition coefficient (Wildman–Crippen LogP) is 3.47. The van der Waals surface area contributed by atoms with Crippen LogP contribution in [0.25, 0.3) is 0 Å². The van der Waals surface area contributed by atoms with Crippen molar-refractivity contribution in [3.8, 4) is 11.5 Å². The highest BCUT2D eigenvalue weighted by atomic mass is 35.5. The number of nitrogens with one attached hydrogen (secondary N) is 3. The lowest BCUT2D eigenvalue weighted by atomic mass is 10.2. The topological polar surface area (TPSA) is 74.9 Å². The summed E-state index contributed by atoms with van der Waals surface area (Å²) in [6.45, 7) is 3.08. The van der Waals surface area contributed by atoms with Crippen molar-refractivity contribution in [3.63, 3.8) is 0 Å². The van der Waals surface area contributed by atoms with Crippen LogP contribution in [0.2, 0.25) is 10.0 Å². The van der Waals surface area contributed by atoms with Gasteiger partial charge in [0.05, 0.1) is 23.9 Å². The largest absolute Gasteiger partial charge is 0.493 e. The van der Waals surface area contributed by atoms with E-state index in [9.17, 15) is 9.18 Å². The lowest BCUT2D eigenvalue weighted by molar-refractivity contribution is -0.132. The molecular weight excluding hydrogens is 458 g/mol. The van der Waals surface area contributed by atoms with Crippen molar-refractivity contribution in [2.45, 2.75) is 25.0 Å². The number of carbonyl (C=O) groups is 1. The Morgan fingerprint density at radius 3 is 3.00 bits per heavy atom. The second kappa shape index (κ2) is 10.6. The fraction of sp³-hybridized carbons (Fsp3) is 0.409. The van der Waals surface area contributed by atoms with Crippen molar-refractivity contribution in [2.24, 2.45) is 0 Å². The van der Waals surface area contributed by atoms with Gasteiger partial charge in [-0.1, -0.05) is 23.2 Å². The fourth-order valence-corrected chi connectivity index (χ4v) is 3.97. The first kappa shape index (κ1) is 22.9. The van der Waals surface area contributed by atoms with Crippen molar-refractivity contribution >= 4 is 34.8 Å². The molecule has 2 unspecified atom stereocenters. The second-order valence-corrected chi connectivity index (χ2v) is 8.61.